The Morgan fingerprint density at radius 1 is 0.521 bits per heavy atom. The SMILES string of the molecule is CN1CCN(CCN2c3ccccc3Pc3ccc(Cl)cc32)CC1.CN1CCN(CCN2c3ccccc3Pc3ccc(F)cc32)CC1. The van der Waals surface area contributed by atoms with Crippen LogP contribution in [0.5, 0.6) is 0 Å². The molecule has 252 valence electrons. The molecule has 2 saturated heterocycles. The fourth-order valence-corrected chi connectivity index (χ4v) is 9.76. The van der Waals surface area contributed by atoms with Gasteiger partial charge in [-0.15, -0.1) is 0 Å². The van der Waals surface area contributed by atoms with Crippen LogP contribution in [0.4, 0.5) is 27.1 Å². The van der Waals surface area contributed by atoms with Gasteiger partial charge < -0.3 is 19.6 Å². The molecule has 48 heavy (non-hydrogen) atoms. The van der Waals surface area contributed by atoms with Gasteiger partial charge in [0.15, 0.2) is 0 Å². The summed E-state index contributed by atoms with van der Waals surface area (Å²) in [7, 11) is 5.70. The fourth-order valence-electron chi connectivity index (χ4n) is 6.95. The second-order valence-electron chi connectivity index (χ2n) is 13.2. The number of hydrogen-bond acceptors (Lipinski definition) is 6. The molecule has 0 radical (unpaired) electrons. The zero-order chi connectivity index (χ0) is 33.0. The van der Waals surface area contributed by atoms with Crippen LogP contribution in [0.15, 0.2) is 84.9 Å². The van der Waals surface area contributed by atoms with Gasteiger partial charge in [-0.3, -0.25) is 9.80 Å². The minimum absolute atomic E-state index is 0.150. The highest BCUT2D eigenvalue weighted by molar-refractivity contribution is 7.57. The summed E-state index contributed by atoms with van der Waals surface area (Å²) in [6, 6.07) is 28.9. The second kappa shape index (κ2) is 15.5. The summed E-state index contributed by atoms with van der Waals surface area (Å²) >= 11 is 6.29. The molecule has 8 rings (SSSR count). The Morgan fingerprint density at radius 3 is 1.48 bits per heavy atom. The number of fused-ring (bicyclic) bond motifs is 4. The van der Waals surface area contributed by atoms with Crippen LogP contribution in [0.3, 0.4) is 0 Å². The summed E-state index contributed by atoms with van der Waals surface area (Å²) in [5, 5.41) is 6.26. The van der Waals surface area contributed by atoms with Crippen LogP contribution in [0.25, 0.3) is 0 Å². The number of rotatable bonds is 6. The zero-order valence-electron chi connectivity index (χ0n) is 28.0. The molecule has 6 nitrogen and oxygen atoms in total. The highest BCUT2D eigenvalue weighted by Crippen LogP contribution is 2.37. The third-order valence-electron chi connectivity index (χ3n) is 9.90. The maximum atomic E-state index is 13.8. The van der Waals surface area contributed by atoms with E-state index in [1.807, 2.05) is 12.1 Å². The van der Waals surface area contributed by atoms with Crippen molar-refractivity contribution in [1.29, 1.82) is 0 Å². The smallest absolute Gasteiger partial charge is 0.125 e. The van der Waals surface area contributed by atoms with Crippen molar-refractivity contribution < 1.29 is 4.39 Å². The number of anilines is 4. The number of benzene rings is 4. The monoisotopic (exact) mass is 702 g/mol. The van der Waals surface area contributed by atoms with Gasteiger partial charge >= 0.3 is 0 Å². The number of nitrogens with zero attached hydrogens (tertiary/aromatic N) is 6. The van der Waals surface area contributed by atoms with Gasteiger partial charge in [0.2, 0.25) is 0 Å². The summed E-state index contributed by atoms with van der Waals surface area (Å²) in [5.74, 6) is -0.150. The number of likely N-dealkylation sites (N-methyl/N-ethyl adjacent to an activating group) is 2. The van der Waals surface area contributed by atoms with Gasteiger partial charge in [0, 0.05) is 116 Å². The Labute approximate surface area is 294 Å². The first-order chi connectivity index (χ1) is 23.4. The van der Waals surface area contributed by atoms with Gasteiger partial charge in [0.25, 0.3) is 0 Å². The molecule has 10 heteroatoms. The largest absolute Gasteiger partial charge is 0.339 e. The predicted octanol–water partition coefficient (Wildman–Crippen LogP) is 4.82. The third kappa shape index (κ3) is 7.90. The van der Waals surface area contributed by atoms with Crippen LogP contribution in [0.1, 0.15) is 0 Å². The lowest BCUT2D eigenvalue weighted by Crippen LogP contribution is -2.47. The van der Waals surface area contributed by atoms with Crippen LogP contribution in [0.2, 0.25) is 5.02 Å². The van der Waals surface area contributed by atoms with Crippen molar-refractivity contribution in [2.75, 3.05) is 102 Å². The highest BCUT2D eigenvalue weighted by Gasteiger charge is 2.25. The van der Waals surface area contributed by atoms with Gasteiger partial charge in [-0.05, 0) is 56.6 Å². The van der Waals surface area contributed by atoms with Gasteiger partial charge in [-0.1, -0.05) is 71.2 Å². The first kappa shape index (κ1) is 33.9. The van der Waals surface area contributed by atoms with E-state index in [0.717, 1.165) is 76.2 Å². The Hall–Kier alpha value is -2.60. The molecule has 0 N–H and O–H groups in total. The molecular formula is C38H46ClFN6P2. The van der Waals surface area contributed by atoms with Gasteiger partial charge in [0.05, 0.1) is 11.4 Å². The van der Waals surface area contributed by atoms with Crippen molar-refractivity contribution in [3.63, 3.8) is 0 Å². The molecule has 0 bridgehead atoms. The fraction of sp³-hybridized carbons (Fsp3) is 0.368. The number of halogens is 2. The third-order valence-corrected chi connectivity index (χ3v) is 12.9. The first-order valence-corrected chi connectivity index (χ1v) is 19.5. The van der Waals surface area contributed by atoms with Crippen LogP contribution in [-0.4, -0.2) is 112 Å². The molecule has 4 aliphatic heterocycles. The Bertz CT molecular complexity index is 1580. The topological polar surface area (TPSA) is 19.4 Å². The quantitative estimate of drug-likeness (QED) is 0.267. The summed E-state index contributed by atoms with van der Waals surface area (Å²) < 4.78 is 13.8. The molecule has 0 amide bonds. The Balaban J connectivity index is 0.000000152. The molecule has 0 spiro atoms. The van der Waals surface area contributed by atoms with Crippen molar-refractivity contribution in [1.82, 2.24) is 19.6 Å². The summed E-state index contributed by atoms with van der Waals surface area (Å²) in [5.41, 5.74) is 4.91. The standard InChI is InChI=1S/C19H23ClN3P.C19H23FN3P/c2*1-21-8-10-22(11-9-21)12-13-23-16-4-2-3-5-18(16)24-19-7-6-15(20)14-17(19)23/h2*2-7,14,24H,8-13H2,1H3. The lowest BCUT2D eigenvalue weighted by molar-refractivity contribution is 0.157. The van der Waals surface area contributed by atoms with Crippen molar-refractivity contribution in [2.24, 2.45) is 0 Å². The van der Waals surface area contributed by atoms with Crippen LogP contribution < -0.4 is 31.0 Å². The Kier molecular flexibility index (Phi) is 11.0. The van der Waals surface area contributed by atoms with Crippen LogP contribution in [-0.2, 0) is 0 Å². The van der Waals surface area contributed by atoms with Gasteiger partial charge in [-0.25, -0.2) is 4.39 Å². The molecular weight excluding hydrogens is 657 g/mol. The number of para-hydroxylation sites is 2. The van der Waals surface area contributed by atoms with E-state index in [9.17, 15) is 4.39 Å². The molecule has 0 aliphatic carbocycles. The highest BCUT2D eigenvalue weighted by atomic mass is 35.5. The van der Waals surface area contributed by atoms with E-state index >= 15 is 0 Å². The molecule has 2 unspecified atom stereocenters. The average molecular weight is 703 g/mol. The van der Waals surface area contributed by atoms with Crippen LogP contribution in [0, 0.1) is 5.82 Å². The molecule has 0 aromatic heterocycles. The minimum Gasteiger partial charge on any atom is -0.339 e. The normalized spacial score (nSPS) is 19.3. The molecule has 4 aliphatic rings. The van der Waals surface area contributed by atoms with Gasteiger partial charge in [-0.2, -0.15) is 0 Å². The van der Waals surface area contributed by atoms with E-state index in [-0.39, 0.29) is 5.82 Å². The maximum Gasteiger partial charge on any atom is 0.125 e. The molecule has 4 heterocycles. The summed E-state index contributed by atoms with van der Waals surface area (Å²) in [6.07, 6.45) is 0. The van der Waals surface area contributed by atoms with E-state index in [4.69, 9.17) is 11.6 Å². The molecule has 4 aromatic carbocycles. The lowest BCUT2D eigenvalue weighted by Gasteiger charge is -2.37. The summed E-state index contributed by atoms with van der Waals surface area (Å²) in [4.78, 5) is 14.6. The number of hydrogen-bond donors (Lipinski definition) is 0. The average Bonchev–Trinajstić information content (AvgIpc) is 3.10. The molecule has 2 atom stereocenters. The van der Waals surface area contributed by atoms with E-state index in [0.29, 0.717) is 17.2 Å². The van der Waals surface area contributed by atoms with E-state index in [1.54, 1.807) is 12.1 Å². The van der Waals surface area contributed by atoms with Crippen molar-refractivity contribution in [3.8, 4) is 0 Å². The van der Waals surface area contributed by atoms with Crippen LogP contribution >= 0.6 is 28.8 Å². The van der Waals surface area contributed by atoms with E-state index in [2.05, 4.69) is 104 Å². The molecule has 4 aromatic rings. The number of piperazine rings is 2. The van der Waals surface area contributed by atoms with Gasteiger partial charge in [0.1, 0.15) is 5.82 Å². The van der Waals surface area contributed by atoms with E-state index < -0.39 is 0 Å². The Morgan fingerprint density at radius 2 is 0.958 bits per heavy atom. The minimum atomic E-state index is -0.150. The zero-order valence-corrected chi connectivity index (χ0v) is 30.8. The maximum absolute atomic E-state index is 13.8. The van der Waals surface area contributed by atoms with E-state index in [1.165, 1.54) is 51.4 Å². The summed E-state index contributed by atoms with van der Waals surface area (Å²) in [6.45, 7) is 13.2. The van der Waals surface area contributed by atoms with Crippen molar-refractivity contribution >= 4 is 72.7 Å². The predicted molar refractivity (Wildman–Crippen MR) is 208 cm³/mol. The molecule has 2 fully saturated rings. The molecule has 0 saturated carbocycles. The van der Waals surface area contributed by atoms with Crippen molar-refractivity contribution in [3.05, 3.63) is 95.8 Å². The first-order valence-electron chi connectivity index (χ1n) is 17.1. The second-order valence-corrected chi connectivity index (χ2v) is 16.3. The lowest BCUT2D eigenvalue weighted by atomic mass is 10.2. The van der Waals surface area contributed by atoms with Crippen molar-refractivity contribution in [2.45, 2.75) is 0 Å².